The summed E-state index contributed by atoms with van der Waals surface area (Å²) in [5.74, 6) is -0.421. The first kappa shape index (κ1) is 14.6. The second-order valence-electron chi connectivity index (χ2n) is 6.09. The minimum absolute atomic E-state index is 0.172. The van der Waals surface area contributed by atoms with E-state index in [9.17, 15) is 4.79 Å². The van der Waals surface area contributed by atoms with Crippen LogP contribution in [0.15, 0.2) is 12.1 Å². The van der Waals surface area contributed by atoms with Crippen molar-refractivity contribution in [3.05, 3.63) is 22.8 Å². The van der Waals surface area contributed by atoms with E-state index in [4.69, 9.17) is 16.7 Å². The fourth-order valence-electron chi connectivity index (χ4n) is 3.64. The number of hydrogen-bond acceptors (Lipinski definition) is 4. The largest absolute Gasteiger partial charge is 0.478 e. The van der Waals surface area contributed by atoms with Crippen molar-refractivity contribution < 1.29 is 9.90 Å². The highest BCUT2D eigenvalue weighted by molar-refractivity contribution is 6.29. The van der Waals surface area contributed by atoms with Crippen LogP contribution in [0.2, 0.25) is 5.15 Å². The van der Waals surface area contributed by atoms with E-state index in [1.54, 1.807) is 6.07 Å². The zero-order valence-electron chi connectivity index (χ0n) is 12.1. The molecule has 2 aliphatic heterocycles. The van der Waals surface area contributed by atoms with Crippen molar-refractivity contribution in [2.75, 3.05) is 12.4 Å². The first-order chi connectivity index (χ1) is 10.0. The van der Waals surface area contributed by atoms with Gasteiger partial charge < -0.3 is 15.3 Å². The number of piperidine rings is 2. The maximum absolute atomic E-state index is 11.1. The molecule has 21 heavy (non-hydrogen) atoms. The molecule has 3 heterocycles. The SMILES string of the molecule is CN1C2CCCC1CC(Nc1cc(C(=O)O)cc(Cl)n1)C2. The Morgan fingerprint density at radius 3 is 2.67 bits per heavy atom. The van der Waals surface area contributed by atoms with Crippen LogP contribution in [0.3, 0.4) is 0 Å². The highest BCUT2D eigenvalue weighted by Crippen LogP contribution is 2.33. The zero-order valence-corrected chi connectivity index (χ0v) is 12.8. The lowest BCUT2D eigenvalue weighted by atomic mass is 9.82. The minimum atomic E-state index is -0.984. The molecule has 1 aromatic heterocycles. The summed E-state index contributed by atoms with van der Waals surface area (Å²) >= 11 is 5.91. The van der Waals surface area contributed by atoms with Crippen LogP contribution in [0.4, 0.5) is 5.82 Å². The van der Waals surface area contributed by atoms with Gasteiger partial charge in [-0.15, -0.1) is 0 Å². The Labute approximate surface area is 129 Å². The van der Waals surface area contributed by atoms with Crippen molar-refractivity contribution in [1.82, 2.24) is 9.88 Å². The van der Waals surface area contributed by atoms with E-state index < -0.39 is 5.97 Å². The van der Waals surface area contributed by atoms with Crippen LogP contribution in [0.5, 0.6) is 0 Å². The molecule has 2 saturated heterocycles. The van der Waals surface area contributed by atoms with Crippen molar-refractivity contribution in [3.63, 3.8) is 0 Å². The van der Waals surface area contributed by atoms with Crippen molar-refractivity contribution in [2.45, 2.75) is 50.2 Å². The molecular formula is C15H20ClN3O2. The van der Waals surface area contributed by atoms with Gasteiger partial charge in [0.1, 0.15) is 11.0 Å². The Hall–Kier alpha value is -1.33. The fourth-order valence-corrected chi connectivity index (χ4v) is 3.85. The molecule has 0 amide bonds. The summed E-state index contributed by atoms with van der Waals surface area (Å²) in [5, 5.41) is 12.7. The fraction of sp³-hybridized carbons (Fsp3) is 0.600. The van der Waals surface area contributed by atoms with Crippen LogP contribution < -0.4 is 5.32 Å². The van der Waals surface area contributed by atoms with E-state index in [1.165, 1.54) is 25.3 Å². The molecule has 0 spiro atoms. The molecule has 2 atom stereocenters. The van der Waals surface area contributed by atoms with Gasteiger partial charge >= 0.3 is 5.97 Å². The van der Waals surface area contributed by atoms with E-state index in [0.29, 0.717) is 23.9 Å². The summed E-state index contributed by atoms with van der Waals surface area (Å²) in [6.07, 6.45) is 5.95. The van der Waals surface area contributed by atoms with Gasteiger partial charge in [0.2, 0.25) is 0 Å². The molecule has 2 unspecified atom stereocenters. The Kier molecular flexibility index (Phi) is 4.04. The molecule has 6 heteroatoms. The molecule has 2 bridgehead atoms. The number of nitrogens with one attached hydrogen (secondary N) is 1. The number of rotatable bonds is 3. The van der Waals surface area contributed by atoms with Gasteiger partial charge in [0, 0.05) is 18.1 Å². The molecule has 2 aliphatic rings. The van der Waals surface area contributed by atoms with Gasteiger partial charge in [-0.25, -0.2) is 9.78 Å². The average molecular weight is 310 g/mol. The second-order valence-corrected chi connectivity index (χ2v) is 6.47. The number of anilines is 1. The number of aromatic carboxylic acids is 1. The quantitative estimate of drug-likeness (QED) is 0.841. The van der Waals surface area contributed by atoms with Crippen LogP contribution in [0.1, 0.15) is 42.5 Å². The molecule has 0 radical (unpaired) electrons. The standard InChI is InChI=1S/C15H20ClN3O2/c1-19-11-3-2-4-12(19)8-10(7-11)17-14-6-9(15(20)21)5-13(16)18-14/h5-6,10-12H,2-4,7-8H2,1H3,(H,17,18)(H,20,21). The lowest BCUT2D eigenvalue weighted by molar-refractivity contribution is 0.0607. The average Bonchev–Trinajstić information content (AvgIpc) is 2.39. The summed E-state index contributed by atoms with van der Waals surface area (Å²) in [7, 11) is 2.21. The number of halogens is 1. The molecule has 114 valence electrons. The first-order valence-corrected chi connectivity index (χ1v) is 7.80. The topological polar surface area (TPSA) is 65.5 Å². The maximum atomic E-state index is 11.1. The number of fused-ring (bicyclic) bond motifs is 2. The van der Waals surface area contributed by atoms with E-state index in [2.05, 4.69) is 22.2 Å². The highest BCUT2D eigenvalue weighted by atomic mass is 35.5. The van der Waals surface area contributed by atoms with Crippen molar-refractivity contribution in [1.29, 1.82) is 0 Å². The number of hydrogen-bond donors (Lipinski definition) is 2. The Bertz CT molecular complexity index is 538. The number of nitrogens with zero attached hydrogens (tertiary/aromatic N) is 2. The predicted octanol–water partition coefficient (Wildman–Crippen LogP) is 2.86. The third-order valence-electron chi connectivity index (χ3n) is 4.73. The van der Waals surface area contributed by atoms with Crippen LogP contribution in [0.25, 0.3) is 0 Å². The molecule has 0 aliphatic carbocycles. The van der Waals surface area contributed by atoms with E-state index in [0.717, 1.165) is 12.8 Å². The summed E-state index contributed by atoms with van der Waals surface area (Å²) in [5.41, 5.74) is 0.172. The van der Waals surface area contributed by atoms with E-state index in [1.807, 2.05) is 0 Å². The van der Waals surface area contributed by atoms with Crippen LogP contribution in [-0.4, -0.2) is 46.1 Å². The smallest absolute Gasteiger partial charge is 0.335 e. The number of pyridine rings is 1. The minimum Gasteiger partial charge on any atom is -0.478 e. The normalized spacial score (nSPS) is 29.1. The molecule has 3 rings (SSSR count). The molecule has 5 nitrogen and oxygen atoms in total. The highest BCUT2D eigenvalue weighted by Gasteiger charge is 2.36. The van der Waals surface area contributed by atoms with Crippen molar-refractivity contribution in [2.24, 2.45) is 0 Å². The van der Waals surface area contributed by atoms with Gasteiger partial charge in [0.05, 0.1) is 5.56 Å². The molecule has 2 N–H and O–H groups in total. The second kappa shape index (κ2) is 5.81. The summed E-state index contributed by atoms with van der Waals surface area (Å²) < 4.78 is 0. The number of carboxylic acids is 1. The Morgan fingerprint density at radius 1 is 1.38 bits per heavy atom. The first-order valence-electron chi connectivity index (χ1n) is 7.42. The van der Waals surface area contributed by atoms with Crippen LogP contribution in [0, 0.1) is 0 Å². The third-order valence-corrected chi connectivity index (χ3v) is 4.93. The van der Waals surface area contributed by atoms with Gasteiger partial charge in [-0.1, -0.05) is 18.0 Å². The summed E-state index contributed by atoms with van der Waals surface area (Å²) in [6.45, 7) is 0. The third kappa shape index (κ3) is 3.14. The lowest BCUT2D eigenvalue weighted by Crippen LogP contribution is -2.52. The molecule has 0 aromatic carbocycles. The number of carboxylic acid groups (broad SMARTS) is 1. The van der Waals surface area contributed by atoms with E-state index >= 15 is 0 Å². The molecule has 0 saturated carbocycles. The molecule has 1 aromatic rings. The van der Waals surface area contributed by atoms with Gasteiger partial charge in [0.25, 0.3) is 0 Å². The Balaban J connectivity index is 1.74. The number of carbonyl (C=O) groups is 1. The van der Waals surface area contributed by atoms with Crippen LogP contribution >= 0.6 is 11.6 Å². The molecule has 2 fully saturated rings. The molecular weight excluding hydrogens is 290 g/mol. The Morgan fingerprint density at radius 2 is 2.05 bits per heavy atom. The van der Waals surface area contributed by atoms with Gasteiger partial charge in [-0.05, 0) is 44.9 Å². The van der Waals surface area contributed by atoms with Gasteiger partial charge in [-0.3, -0.25) is 0 Å². The van der Waals surface area contributed by atoms with E-state index in [-0.39, 0.29) is 10.7 Å². The summed E-state index contributed by atoms with van der Waals surface area (Å²) in [4.78, 5) is 17.8. The zero-order chi connectivity index (χ0) is 15.0. The maximum Gasteiger partial charge on any atom is 0.335 e. The van der Waals surface area contributed by atoms with Crippen LogP contribution in [-0.2, 0) is 0 Å². The summed E-state index contributed by atoms with van der Waals surface area (Å²) in [6, 6.07) is 4.51. The van der Waals surface area contributed by atoms with Crippen molar-refractivity contribution in [3.8, 4) is 0 Å². The van der Waals surface area contributed by atoms with Gasteiger partial charge in [-0.2, -0.15) is 0 Å². The predicted molar refractivity (Wildman–Crippen MR) is 82.0 cm³/mol. The number of aromatic nitrogens is 1. The lowest BCUT2D eigenvalue weighted by Gasteiger charge is -2.47. The van der Waals surface area contributed by atoms with Gasteiger partial charge in [0.15, 0.2) is 0 Å². The monoisotopic (exact) mass is 309 g/mol. The van der Waals surface area contributed by atoms with Crippen molar-refractivity contribution >= 4 is 23.4 Å².